The fourth-order valence-electron chi connectivity index (χ4n) is 5.32. The molecule has 10 nitrogen and oxygen atoms in total. The molecule has 1 fully saturated rings. The Kier molecular flexibility index (Phi) is 6.50. The van der Waals surface area contributed by atoms with Crippen LogP contribution >= 0.6 is 23.4 Å². The van der Waals surface area contributed by atoms with Crippen molar-refractivity contribution in [1.82, 2.24) is 33.9 Å². The van der Waals surface area contributed by atoms with E-state index >= 15 is 0 Å². The molecule has 0 radical (unpaired) electrons. The van der Waals surface area contributed by atoms with E-state index in [2.05, 4.69) is 29.4 Å². The van der Waals surface area contributed by atoms with Crippen LogP contribution in [0.3, 0.4) is 0 Å². The van der Waals surface area contributed by atoms with Gasteiger partial charge < -0.3 is 15.2 Å². The summed E-state index contributed by atoms with van der Waals surface area (Å²) in [7, 11) is 0. The number of nitrogens with one attached hydrogen (secondary N) is 1. The molecule has 0 amide bonds. The van der Waals surface area contributed by atoms with Crippen LogP contribution in [-0.4, -0.2) is 51.5 Å². The number of nitrogen functional groups attached to an aromatic ring is 1. The number of fused-ring (bicyclic) bond motifs is 2. The van der Waals surface area contributed by atoms with Crippen LogP contribution in [0.5, 0.6) is 0 Å². The van der Waals surface area contributed by atoms with Gasteiger partial charge in [0.25, 0.3) is 0 Å². The maximum Gasteiger partial charge on any atom is 0.211 e. The van der Waals surface area contributed by atoms with Gasteiger partial charge >= 0.3 is 0 Å². The summed E-state index contributed by atoms with van der Waals surface area (Å²) >= 11 is 6.67. The van der Waals surface area contributed by atoms with Gasteiger partial charge in [-0.25, -0.2) is 15.0 Å². The molecule has 0 aromatic carbocycles. The molecule has 0 bridgehead atoms. The van der Waals surface area contributed by atoms with Crippen LogP contribution in [0.15, 0.2) is 52.9 Å². The average molecular weight is 572 g/mol. The topological polar surface area (TPSA) is 125 Å². The number of rotatable bonds is 5. The molecule has 2 atom stereocenters. The van der Waals surface area contributed by atoms with Gasteiger partial charge in [-0.15, -0.1) is 4.72 Å². The van der Waals surface area contributed by atoms with E-state index < -0.39 is 11.4 Å². The Bertz CT molecular complexity index is 1480. The summed E-state index contributed by atoms with van der Waals surface area (Å²) in [5.41, 5.74) is 7.76. The first-order valence-electron chi connectivity index (χ1n) is 12.5. The highest BCUT2D eigenvalue weighted by Gasteiger charge is 2.51. The van der Waals surface area contributed by atoms with Gasteiger partial charge in [-0.2, -0.15) is 5.10 Å². The normalized spacial score (nSPS) is 19.8. The zero-order chi connectivity index (χ0) is 26.7. The molecule has 4 aromatic rings. The number of pyridine rings is 1. The highest BCUT2D eigenvalue weighted by Crippen LogP contribution is 2.50. The van der Waals surface area contributed by atoms with Gasteiger partial charge in [0.2, 0.25) is 5.95 Å². The zero-order valence-electron chi connectivity index (χ0n) is 21.5. The maximum absolute atomic E-state index is 13.1. The summed E-state index contributed by atoms with van der Waals surface area (Å²) in [4.78, 5) is 17.5. The van der Waals surface area contributed by atoms with Crippen molar-refractivity contribution in [2.24, 2.45) is 5.41 Å². The highest BCUT2D eigenvalue weighted by atomic mass is 35.5. The van der Waals surface area contributed by atoms with E-state index in [-0.39, 0.29) is 16.2 Å². The third-order valence-electron chi connectivity index (χ3n) is 7.42. The number of hydrogen-bond donors (Lipinski definition) is 2. The van der Waals surface area contributed by atoms with Gasteiger partial charge in [0.15, 0.2) is 5.65 Å². The molecule has 1 unspecified atom stereocenters. The minimum absolute atomic E-state index is 0.00949. The van der Waals surface area contributed by atoms with Crippen molar-refractivity contribution in [2.75, 3.05) is 23.7 Å². The number of halogens is 1. The van der Waals surface area contributed by atoms with Gasteiger partial charge in [-0.1, -0.05) is 23.4 Å². The summed E-state index contributed by atoms with van der Waals surface area (Å²) in [6, 6.07) is 3.88. The number of imidazole rings is 1. The molecule has 1 saturated heterocycles. The largest absolute Gasteiger partial charge is 0.598 e. The predicted molar refractivity (Wildman–Crippen MR) is 151 cm³/mol. The number of piperidine rings is 1. The maximum atomic E-state index is 13.1. The lowest BCUT2D eigenvalue weighted by atomic mass is 9.73. The molecule has 4 aromatic heterocycles. The van der Waals surface area contributed by atoms with Gasteiger partial charge in [-0.05, 0) is 45.7 Å². The average Bonchev–Trinajstić information content (AvgIpc) is 3.60. The summed E-state index contributed by atoms with van der Waals surface area (Å²) in [6.45, 7) is 8.47. The molecule has 6 rings (SSSR count). The van der Waals surface area contributed by atoms with Crippen LogP contribution in [0.4, 0.5) is 11.8 Å². The molecule has 6 heterocycles. The lowest BCUT2D eigenvalue weighted by Gasteiger charge is -2.43. The van der Waals surface area contributed by atoms with Crippen molar-refractivity contribution in [3.05, 3.63) is 53.8 Å². The second kappa shape index (κ2) is 9.60. The zero-order valence-corrected chi connectivity index (χ0v) is 23.9. The molecular formula is C25H30ClN9OS2. The molecule has 200 valence electrons. The number of anilines is 2. The Labute approximate surface area is 233 Å². The minimum atomic E-state index is -1.18. The fourth-order valence-corrected chi connectivity index (χ4v) is 7.39. The van der Waals surface area contributed by atoms with E-state index in [0.29, 0.717) is 10.8 Å². The van der Waals surface area contributed by atoms with Gasteiger partial charge in [-0.3, -0.25) is 9.08 Å². The molecule has 1 spiro atoms. The molecule has 38 heavy (non-hydrogen) atoms. The van der Waals surface area contributed by atoms with Crippen molar-refractivity contribution in [2.45, 2.75) is 60.7 Å². The van der Waals surface area contributed by atoms with Crippen LogP contribution in [-0.2, 0) is 17.9 Å². The first-order chi connectivity index (χ1) is 18.2. The van der Waals surface area contributed by atoms with Crippen molar-refractivity contribution < 1.29 is 4.55 Å². The lowest BCUT2D eigenvalue weighted by Crippen LogP contribution is -2.50. The van der Waals surface area contributed by atoms with Crippen molar-refractivity contribution in [1.29, 1.82) is 0 Å². The Hall–Kier alpha value is -2.51. The summed E-state index contributed by atoms with van der Waals surface area (Å²) in [5, 5.41) is 4.98. The Morgan fingerprint density at radius 3 is 2.68 bits per heavy atom. The Morgan fingerprint density at radius 1 is 1.13 bits per heavy atom. The van der Waals surface area contributed by atoms with E-state index in [1.165, 1.54) is 11.8 Å². The lowest BCUT2D eigenvalue weighted by molar-refractivity contribution is 0.160. The fraction of sp³-hybridized carbons (Fsp3) is 0.440. The predicted octanol–water partition coefficient (Wildman–Crippen LogP) is 4.10. The Morgan fingerprint density at radius 2 is 1.92 bits per heavy atom. The van der Waals surface area contributed by atoms with Crippen molar-refractivity contribution in [3.63, 3.8) is 0 Å². The number of hydrogen-bond acceptors (Lipinski definition) is 9. The van der Waals surface area contributed by atoms with Crippen LogP contribution in [0, 0.1) is 5.41 Å². The first-order valence-corrected chi connectivity index (χ1v) is 14.9. The first kappa shape index (κ1) is 25.8. The number of aromatic nitrogens is 6. The monoisotopic (exact) mass is 571 g/mol. The molecule has 0 saturated carbocycles. The third kappa shape index (κ3) is 4.41. The SMILES string of the molecule is CC(C)(C)[S+]([O-])N[C@@H]1c2ccnn2CC12CCN(c1ncc(Sc3ccnc(N)c3Cl)c3nccn13)CC2. The second-order valence-corrected chi connectivity index (χ2v) is 14.3. The highest BCUT2D eigenvalue weighted by molar-refractivity contribution is 7.99. The summed E-state index contributed by atoms with van der Waals surface area (Å²) < 4.78 is 20.3. The Balaban J connectivity index is 1.24. The number of nitrogens with two attached hydrogens (primary N) is 1. The standard InChI is InChI=1S/C25H30ClN9OS2/c1-24(2,3)38(36)32-20-16-4-9-31-35(16)15-25(20)6-11-33(12-7-25)23-30-14-18(22-29-10-13-34(22)23)37-17-5-8-28-21(27)19(17)26/h4-5,8-10,13-14,20,32H,6-7,11-12,15H2,1-3H3,(H2,27,28)/t20-,38?/m1/s1. The molecule has 2 aliphatic heterocycles. The molecule has 0 aliphatic carbocycles. The van der Waals surface area contributed by atoms with Gasteiger partial charge in [0.1, 0.15) is 16.6 Å². The van der Waals surface area contributed by atoms with Crippen LogP contribution < -0.4 is 15.4 Å². The quantitative estimate of drug-likeness (QED) is 0.340. The minimum Gasteiger partial charge on any atom is -0.598 e. The summed E-state index contributed by atoms with van der Waals surface area (Å²) in [6.07, 6.45) is 10.9. The van der Waals surface area contributed by atoms with Crippen LogP contribution in [0.2, 0.25) is 5.02 Å². The number of nitrogens with zero attached hydrogens (tertiary/aromatic N) is 7. The van der Waals surface area contributed by atoms with Crippen molar-refractivity contribution in [3.8, 4) is 0 Å². The van der Waals surface area contributed by atoms with E-state index in [1.807, 2.05) is 55.9 Å². The van der Waals surface area contributed by atoms with E-state index in [4.69, 9.17) is 22.3 Å². The van der Waals surface area contributed by atoms with Crippen LogP contribution in [0.25, 0.3) is 5.65 Å². The molecule has 13 heteroatoms. The molecule has 3 N–H and O–H groups in total. The molecule has 2 aliphatic rings. The van der Waals surface area contributed by atoms with Crippen molar-refractivity contribution >= 4 is 52.1 Å². The third-order valence-corrected chi connectivity index (χ3v) is 10.6. The van der Waals surface area contributed by atoms with E-state index in [9.17, 15) is 4.55 Å². The van der Waals surface area contributed by atoms with Gasteiger partial charge in [0.05, 0.1) is 15.6 Å². The van der Waals surface area contributed by atoms with Crippen LogP contribution in [0.1, 0.15) is 45.3 Å². The molecular weight excluding hydrogens is 542 g/mol. The second-order valence-electron chi connectivity index (χ2n) is 10.8. The smallest absolute Gasteiger partial charge is 0.211 e. The van der Waals surface area contributed by atoms with E-state index in [0.717, 1.165) is 59.6 Å². The van der Waals surface area contributed by atoms with Gasteiger partial charge in [0, 0.05) is 72.3 Å². The summed E-state index contributed by atoms with van der Waals surface area (Å²) in [5.74, 6) is 1.16. The van der Waals surface area contributed by atoms with E-state index in [1.54, 1.807) is 12.4 Å².